The van der Waals surface area contributed by atoms with Crippen LogP contribution in [0.4, 0.5) is 11.4 Å². The second kappa shape index (κ2) is 8.60. The van der Waals surface area contributed by atoms with Gasteiger partial charge >= 0.3 is 0 Å². The summed E-state index contributed by atoms with van der Waals surface area (Å²) < 4.78 is 11.4. The Balaban J connectivity index is 1.26. The summed E-state index contributed by atoms with van der Waals surface area (Å²) in [5, 5.41) is 3.93. The third kappa shape index (κ3) is 4.00. The van der Waals surface area contributed by atoms with Gasteiger partial charge in [-0.1, -0.05) is 6.07 Å². The summed E-state index contributed by atoms with van der Waals surface area (Å²) in [6.07, 6.45) is 1.88. The van der Waals surface area contributed by atoms with Gasteiger partial charge in [0.15, 0.2) is 0 Å². The SMILES string of the molecule is COC[C@@H]1CCN(c2ccc3c(c2)OC[C@H](NC(=O)c2sc4nc(C)ccc4c2N)C3)C1. The molecule has 4 heterocycles. The van der Waals surface area contributed by atoms with Gasteiger partial charge in [0, 0.05) is 49.0 Å². The summed E-state index contributed by atoms with van der Waals surface area (Å²) in [7, 11) is 1.76. The lowest BCUT2D eigenvalue weighted by Gasteiger charge is -2.28. The van der Waals surface area contributed by atoms with Gasteiger partial charge < -0.3 is 25.4 Å². The molecule has 2 atom stereocenters. The number of methoxy groups -OCH3 is 1. The number of hydrogen-bond acceptors (Lipinski definition) is 7. The van der Waals surface area contributed by atoms with Crippen molar-refractivity contribution in [3.8, 4) is 5.75 Å². The van der Waals surface area contributed by atoms with Crippen molar-refractivity contribution in [3.63, 3.8) is 0 Å². The van der Waals surface area contributed by atoms with Gasteiger partial charge in [-0.15, -0.1) is 11.3 Å². The number of nitrogens with one attached hydrogen (secondary N) is 1. The monoisotopic (exact) mass is 452 g/mol. The maximum atomic E-state index is 12.9. The molecule has 2 aliphatic rings. The molecular formula is C24H28N4O3S. The van der Waals surface area contributed by atoms with Crippen molar-refractivity contribution in [2.24, 2.45) is 5.92 Å². The Labute approximate surface area is 191 Å². The fourth-order valence-corrected chi connectivity index (χ4v) is 5.64. The predicted octanol–water partition coefficient (Wildman–Crippen LogP) is 3.39. The number of ether oxygens (including phenoxy) is 2. The Bertz CT molecular complexity index is 1160. The average Bonchev–Trinajstić information content (AvgIpc) is 3.38. The van der Waals surface area contributed by atoms with E-state index < -0.39 is 0 Å². The quantitative estimate of drug-likeness (QED) is 0.617. The molecule has 5 rings (SSSR count). The maximum Gasteiger partial charge on any atom is 0.263 e. The number of carbonyl (C=O) groups excluding carboxylic acids is 1. The molecule has 8 heteroatoms. The van der Waals surface area contributed by atoms with Crippen LogP contribution < -0.4 is 20.7 Å². The van der Waals surface area contributed by atoms with Crippen LogP contribution in [0.3, 0.4) is 0 Å². The minimum absolute atomic E-state index is 0.0990. The number of aryl methyl sites for hydroxylation is 1. The zero-order valence-electron chi connectivity index (χ0n) is 18.4. The number of anilines is 2. The third-order valence-electron chi connectivity index (χ3n) is 6.28. The largest absolute Gasteiger partial charge is 0.491 e. The van der Waals surface area contributed by atoms with Gasteiger partial charge in [-0.2, -0.15) is 0 Å². The first kappa shape index (κ1) is 21.0. The normalized spacial score (nSPS) is 20.2. The van der Waals surface area contributed by atoms with Crippen LogP contribution in [0, 0.1) is 12.8 Å². The van der Waals surface area contributed by atoms with E-state index in [1.54, 1.807) is 7.11 Å². The molecule has 2 aliphatic heterocycles. The van der Waals surface area contributed by atoms with Crippen molar-refractivity contribution in [2.45, 2.75) is 25.8 Å². The summed E-state index contributed by atoms with van der Waals surface area (Å²) in [5.41, 5.74) is 9.94. The maximum absolute atomic E-state index is 12.9. The van der Waals surface area contributed by atoms with Crippen molar-refractivity contribution in [2.75, 3.05) is 44.0 Å². The lowest BCUT2D eigenvalue weighted by atomic mass is 10.0. The van der Waals surface area contributed by atoms with Gasteiger partial charge in [-0.3, -0.25) is 4.79 Å². The van der Waals surface area contributed by atoms with Gasteiger partial charge in [0.1, 0.15) is 22.1 Å². The Morgan fingerprint density at radius 3 is 3.09 bits per heavy atom. The van der Waals surface area contributed by atoms with Crippen LogP contribution >= 0.6 is 11.3 Å². The molecule has 0 bridgehead atoms. The molecule has 0 unspecified atom stereocenters. The first-order valence-corrected chi connectivity index (χ1v) is 11.8. The van der Waals surface area contributed by atoms with Crippen molar-refractivity contribution < 1.29 is 14.3 Å². The molecule has 2 aromatic heterocycles. The number of hydrogen-bond donors (Lipinski definition) is 2. The number of benzene rings is 1. The number of amides is 1. The molecular weight excluding hydrogens is 424 g/mol. The molecule has 3 N–H and O–H groups in total. The molecule has 32 heavy (non-hydrogen) atoms. The van der Waals surface area contributed by atoms with Crippen molar-refractivity contribution in [1.82, 2.24) is 10.3 Å². The van der Waals surface area contributed by atoms with Crippen molar-refractivity contribution in [1.29, 1.82) is 0 Å². The van der Waals surface area contributed by atoms with E-state index in [2.05, 4.69) is 33.4 Å². The fourth-order valence-electron chi connectivity index (χ4n) is 4.60. The molecule has 0 saturated carbocycles. The van der Waals surface area contributed by atoms with Crippen LogP contribution in [-0.2, 0) is 11.2 Å². The molecule has 1 aromatic carbocycles. The van der Waals surface area contributed by atoms with Crippen LogP contribution in [0.2, 0.25) is 0 Å². The van der Waals surface area contributed by atoms with Gasteiger partial charge in [0.25, 0.3) is 5.91 Å². The molecule has 1 saturated heterocycles. The highest BCUT2D eigenvalue weighted by molar-refractivity contribution is 7.21. The minimum atomic E-state index is -0.168. The van der Waals surface area contributed by atoms with E-state index in [4.69, 9.17) is 15.2 Å². The number of carbonyl (C=O) groups is 1. The zero-order chi connectivity index (χ0) is 22.2. The van der Waals surface area contributed by atoms with Gasteiger partial charge in [0.2, 0.25) is 0 Å². The lowest BCUT2D eigenvalue weighted by Crippen LogP contribution is -2.42. The zero-order valence-corrected chi connectivity index (χ0v) is 19.2. The summed E-state index contributed by atoms with van der Waals surface area (Å²) in [5.74, 6) is 1.32. The molecule has 1 amide bonds. The third-order valence-corrected chi connectivity index (χ3v) is 7.40. The Kier molecular flexibility index (Phi) is 5.65. The Hall–Kier alpha value is -2.84. The van der Waals surface area contributed by atoms with Gasteiger partial charge in [-0.05, 0) is 43.5 Å². The summed E-state index contributed by atoms with van der Waals surface area (Å²) in [6.45, 7) is 5.22. The van der Waals surface area contributed by atoms with E-state index in [9.17, 15) is 4.79 Å². The topological polar surface area (TPSA) is 89.7 Å². The number of rotatable bonds is 5. The number of pyridine rings is 1. The summed E-state index contributed by atoms with van der Waals surface area (Å²) in [4.78, 5) is 21.1. The van der Waals surface area contributed by atoms with E-state index in [1.165, 1.54) is 17.0 Å². The molecule has 1 fully saturated rings. The average molecular weight is 453 g/mol. The standard InChI is InChI=1S/C24H28N4O3S/c1-14-3-6-19-21(25)22(32-24(19)26-14)23(29)27-17-9-16-4-5-18(10-20(16)31-13-17)28-8-7-15(11-28)12-30-2/h3-6,10,15,17H,7-9,11-13,25H2,1-2H3,(H,27,29)/t15-,17-/m1/s1. The second-order valence-electron chi connectivity index (χ2n) is 8.68. The van der Waals surface area contributed by atoms with Gasteiger partial charge in [0.05, 0.1) is 18.3 Å². The van der Waals surface area contributed by atoms with E-state index in [-0.39, 0.29) is 11.9 Å². The first-order chi connectivity index (χ1) is 15.5. The number of nitrogens with zero attached hydrogens (tertiary/aromatic N) is 2. The molecule has 0 radical (unpaired) electrons. The molecule has 0 aliphatic carbocycles. The van der Waals surface area contributed by atoms with E-state index in [1.807, 2.05) is 19.1 Å². The van der Waals surface area contributed by atoms with Crippen LogP contribution in [-0.4, -0.2) is 50.3 Å². The molecule has 0 spiro atoms. The van der Waals surface area contributed by atoms with Crippen LogP contribution in [0.15, 0.2) is 30.3 Å². The van der Waals surface area contributed by atoms with Crippen LogP contribution in [0.5, 0.6) is 5.75 Å². The Morgan fingerprint density at radius 2 is 2.25 bits per heavy atom. The van der Waals surface area contributed by atoms with E-state index >= 15 is 0 Å². The Morgan fingerprint density at radius 1 is 1.38 bits per heavy atom. The number of aromatic nitrogens is 1. The van der Waals surface area contributed by atoms with Crippen molar-refractivity contribution in [3.05, 3.63) is 46.5 Å². The number of thiophene rings is 1. The molecule has 168 valence electrons. The minimum Gasteiger partial charge on any atom is -0.491 e. The highest BCUT2D eigenvalue weighted by Gasteiger charge is 2.27. The lowest BCUT2D eigenvalue weighted by molar-refractivity contribution is 0.0920. The first-order valence-electron chi connectivity index (χ1n) is 11.0. The fraction of sp³-hybridized carbons (Fsp3) is 0.417. The van der Waals surface area contributed by atoms with Gasteiger partial charge in [-0.25, -0.2) is 4.98 Å². The molecule has 3 aromatic rings. The van der Waals surface area contributed by atoms with Crippen LogP contribution in [0.1, 0.15) is 27.3 Å². The van der Waals surface area contributed by atoms with E-state index in [0.29, 0.717) is 23.1 Å². The number of nitrogens with two attached hydrogens (primary N) is 1. The molecule has 7 nitrogen and oxygen atoms in total. The van der Waals surface area contributed by atoms with Crippen LogP contribution in [0.25, 0.3) is 10.2 Å². The second-order valence-corrected chi connectivity index (χ2v) is 9.68. The van der Waals surface area contributed by atoms with E-state index in [0.717, 1.165) is 59.8 Å². The summed E-state index contributed by atoms with van der Waals surface area (Å²) >= 11 is 1.34. The summed E-state index contributed by atoms with van der Waals surface area (Å²) in [6, 6.07) is 10.1. The smallest absolute Gasteiger partial charge is 0.263 e. The highest BCUT2D eigenvalue weighted by Crippen LogP contribution is 2.34. The van der Waals surface area contributed by atoms with Crippen molar-refractivity contribution >= 4 is 38.8 Å². The number of nitrogen functional groups attached to an aromatic ring is 1. The highest BCUT2D eigenvalue weighted by atomic mass is 32.1. The number of fused-ring (bicyclic) bond motifs is 2. The predicted molar refractivity (Wildman–Crippen MR) is 128 cm³/mol.